The van der Waals surface area contributed by atoms with E-state index in [1.165, 1.54) is 0 Å². The highest BCUT2D eigenvalue weighted by molar-refractivity contribution is 9.10. The third-order valence-electron chi connectivity index (χ3n) is 3.03. The lowest BCUT2D eigenvalue weighted by atomic mass is 9.94. The second-order valence-electron chi connectivity index (χ2n) is 4.24. The molecule has 0 aromatic heterocycles. The predicted molar refractivity (Wildman–Crippen MR) is 59.4 cm³/mol. The Balaban J connectivity index is 2.56. The van der Waals surface area contributed by atoms with Crippen LogP contribution in [0.3, 0.4) is 0 Å². The van der Waals surface area contributed by atoms with Crippen molar-refractivity contribution >= 4 is 21.9 Å². The summed E-state index contributed by atoms with van der Waals surface area (Å²) >= 11 is 2.91. The zero-order valence-electron chi connectivity index (χ0n) is 8.88. The van der Waals surface area contributed by atoms with Crippen LogP contribution in [-0.4, -0.2) is 16.2 Å². The number of halogens is 4. The molecule has 1 aromatic carbocycles. The number of aromatic hydroxyl groups is 1. The van der Waals surface area contributed by atoms with E-state index < -0.39 is 28.9 Å². The molecule has 0 amide bonds. The first-order valence-corrected chi connectivity index (χ1v) is 5.81. The highest BCUT2D eigenvalue weighted by Gasteiger charge is 2.54. The summed E-state index contributed by atoms with van der Waals surface area (Å²) in [7, 11) is 0. The molecule has 0 atom stereocenters. The lowest BCUT2D eigenvalue weighted by Crippen LogP contribution is -2.20. The molecule has 0 heterocycles. The number of aliphatic carboxylic acids is 1. The lowest BCUT2D eigenvalue weighted by Gasteiger charge is -2.17. The largest absolute Gasteiger partial charge is 0.508 e. The van der Waals surface area contributed by atoms with Gasteiger partial charge in [-0.2, -0.15) is 13.2 Å². The minimum atomic E-state index is -4.58. The van der Waals surface area contributed by atoms with Crippen molar-refractivity contribution in [3.8, 4) is 5.75 Å². The van der Waals surface area contributed by atoms with Crippen LogP contribution in [0.1, 0.15) is 24.0 Å². The molecular weight excluding hydrogens is 317 g/mol. The first-order chi connectivity index (χ1) is 8.18. The fraction of sp³-hybridized carbons (Fsp3) is 0.364. The van der Waals surface area contributed by atoms with Gasteiger partial charge in [0.25, 0.3) is 0 Å². The molecule has 7 heteroatoms. The van der Waals surface area contributed by atoms with Crippen molar-refractivity contribution in [1.29, 1.82) is 0 Å². The van der Waals surface area contributed by atoms with Crippen molar-refractivity contribution < 1.29 is 28.2 Å². The minimum Gasteiger partial charge on any atom is -0.508 e. The van der Waals surface area contributed by atoms with Gasteiger partial charge in [0, 0.05) is 10.0 Å². The molecule has 1 saturated carbocycles. The van der Waals surface area contributed by atoms with E-state index >= 15 is 0 Å². The van der Waals surface area contributed by atoms with Gasteiger partial charge in [0.1, 0.15) is 5.75 Å². The van der Waals surface area contributed by atoms with Crippen molar-refractivity contribution in [3.05, 3.63) is 27.7 Å². The Labute approximate surface area is 108 Å². The number of carbonyl (C=O) groups is 1. The molecule has 3 nitrogen and oxygen atoms in total. The Morgan fingerprint density at radius 3 is 2.22 bits per heavy atom. The van der Waals surface area contributed by atoms with E-state index in [0.717, 1.165) is 6.07 Å². The Morgan fingerprint density at radius 1 is 1.33 bits per heavy atom. The highest BCUT2D eigenvalue weighted by atomic mass is 79.9. The summed E-state index contributed by atoms with van der Waals surface area (Å²) in [5.74, 6) is -1.78. The van der Waals surface area contributed by atoms with Crippen LogP contribution in [0.2, 0.25) is 0 Å². The van der Waals surface area contributed by atoms with E-state index in [0.29, 0.717) is 18.9 Å². The fourth-order valence-corrected chi connectivity index (χ4v) is 2.75. The highest BCUT2D eigenvalue weighted by Crippen LogP contribution is 2.54. The van der Waals surface area contributed by atoms with Gasteiger partial charge in [-0.1, -0.05) is 15.9 Å². The number of rotatable bonds is 2. The third kappa shape index (κ3) is 1.96. The summed E-state index contributed by atoms with van der Waals surface area (Å²) < 4.78 is 37.5. The quantitative estimate of drug-likeness (QED) is 0.877. The Kier molecular flexibility index (Phi) is 2.84. The van der Waals surface area contributed by atoms with Gasteiger partial charge in [0.05, 0.1) is 11.0 Å². The third-order valence-corrected chi connectivity index (χ3v) is 3.66. The van der Waals surface area contributed by atoms with Gasteiger partial charge >= 0.3 is 12.1 Å². The van der Waals surface area contributed by atoms with Gasteiger partial charge in [-0.05, 0) is 25.0 Å². The van der Waals surface area contributed by atoms with Crippen molar-refractivity contribution in [2.24, 2.45) is 0 Å². The van der Waals surface area contributed by atoms with E-state index in [1.54, 1.807) is 0 Å². The topological polar surface area (TPSA) is 57.5 Å². The van der Waals surface area contributed by atoms with Crippen molar-refractivity contribution in [3.63, 3.8) is 0 Å². The van der Waals surface area contributed by atoms with Crippen molar-refractivity contribution in [1.82, 2.24) is 0 Å². The normalized spacial score (nSPS) is 17.6. The molecule has 0 spiro atoms. The molecule has 1 aliphatic rings. The van der Waals surface area contributed by atoms with Crippen LogP contribution in [0, 0.1) is 0 Å². The minimum absolute atomic E-state index is 0.0167. The average molecular weight is 325 g/mol. The van der Waals surface area contributed by atoms with Gasteiger partial charge in [-0.3, -0.25) is 4.79 Å². The predicted octanol–water partition coefficient (Wildman–Crippen LogP) is 3.29. The zero-order valence-corrected chi connectivity index (χ0v) is 10.5. The maximum atomic E-state index is 12.5. The van der Waals surface area contributed by atoms with Gasteiger partial charge in [0.2, 0.25) is 0 Å². The van der Waals surface area contributed by atoms with Crippen molar-refractivity contribution in [2.45, 2.75) is 24.4 Å². The summed E-state index contributed by atoms with van der Waals surface area (Å²) in [4.78, 5) is 11.1. The fourth-order valence-electron chi connectivity index (χ4n) is 1.93. The van der Waals surface area contributed by atoms with Crippen LogP contribution >= 0.6 is 15.9 Å². The second kappa shape index (κ2) is 3.88. The maximum Gasteiger partial charge on any atom is 0.416 e. The molecule has 0 aliphatic heterocycles. The van der Waals surface area contributed by atoms with E-state index in [9.17, 15) is 23.1 Å². The van der Waals surface area contributed by atoms with E-state index in [-0.39, 0.29) is 10.0 Å². The number of hydrogen-bond donors (Lipinski definition) is 2. The Hall–Kier alpha value is -1.24. The van der Waals surface area contributed by atoms with Crippen LogP contribution in [0.4, 0.5) is 13.2 Å². The number of carboxylic acids is 1. The second-order valence-corrected chi connectivity index (χ2v) is 5.09. The molecule has 98 valence electrons. The molecule has 18 heavy (non-hydrogen) atoms. The number of alkyl halides is 3. The van der Waals surface area contributed by atoms with Gasteiger partial charge in [-0.25, -0.2) is 0 Å². The first kappa shape index (κ1) is 13.2. The molecule has 2 N–H and O–H groups in total. The number of phenols is 1. The SMILES string of the molecule is O=C(O)C1(c2c(O)cc(C(F)(F)F)cc2Br)CC1. The van der Waals surface area contributed by atoms with Crippen LogP contribution in [-0.2, 0) is 16.4 Å². The maximum absolute atomic E-state index is 12.5. The average Bonchev–Trinajstić information content (AvgIpc) is 2.96. The number of carboxylic acid groups (broad SMARTS) is 1. The molecule has 0 unspecified atom stereocenters. The molecule has 1 aromatic rings. The van der Waals surface area contributed by atoms with Crippen LogP contribution in [0.25, 0.3) is 0 Å². The zero-order chi connectivity index (χ0) is 13.7. The molecule has 1 fully saturated rings. The molecule has 0 radical (unpaired) electrons. The standard InChI is InChI=1S/C11H8BrF3O3/c12-6-3-5(11(13,14)15)4-7(16)8(6)10(1-2-10)9(17)18/h3-4,16H,1-2H2,(H,17,18). The molecule has 0 saturated heterocycles. The summed E-state index contributed by atoms with van der Waals surface area (Å²) in [6.45, 7) is 0. The molecule has 1 aliphatic carbocycles. The van der Waals surface area contributed by atoms with Gasteiger partial charge in [-0.15, -0.1) is 0 Å². The summed E-state index contributed by atoms with van der Waals surface area (Å²) in [6, 6.07) is 1.35. The van der Waals surface area contributed by atoms with Crippen LogP contribution in [0.15, 0.2) is 16.6 Å². The smallest absolute Gasteiger partial charge is 0.416 e. The van der Waals surface area contributed by atoms with Crippen molar-refractivity contribution in [2.75, 3.05) is 0 Å². The first-order valence-electron chi connectivity index (χ1n) is 5.02. The molecule has 0 bridgehead atoms. The Bertz CT molecular complexity index is 498. The van der Waals surface area contributed by atoms with Crippen LogP contribution < -0.4 is 0 Å². The van der Waals surface area contributed by atoms with E-state index in [2.05, 4.69) is 15.9 Å². The van der Waals surface area contributed by atoms with Gasteiger partial charge < -0.3 is 10.2 Å². The van der Waals surface area contributed by atoms with Gasteiger partial charge in [0.15, 0.2) is 0 Å². The monoisotopic (exact) mass is 324 g/mol. The van der Waals surface area contributed by atoms with E-state index in [4.69, 9.17) is 5.11 Å². The number of benzene rings is 1. The number of phenolic OH excluding ortho intramolecular Hbond substituents is 1. The Morgan fingerprint density at radius 2 is 1.89 bits per heavy atom. The summed E-state index contributed by atoms with van der Waals surface area (Å²) in [6.07, 6.45) is -3.97. The van der Waals surface area contributed by atoms with Crippen LogP contribution in [0.5, 0.6) is 5.75 Å². The molecular formula is C11H8BrF3O3. The summed E-state index contributed by atoms with van der Waals surface area (Å²) in [5, 5.41) is 18.7. The van der Waals surface area contributed by atoms with E-state index in [1.807, 2.05) is 0 Å². The number of hydrogen-bond acceptors (Lipinski definition) is 2. The molecule has 2 rings (SSSR count). The summed E-state index contributed by atoms with van der Waals surface area (Å²) in [5.41, 5.74) is -2.26. The lowest BCUT2D eigenvalue weighted by molar-refractivity contribution is -0.140.